The van der Waals surface area contributed by atoms with E-state index < -0.39 is 21.5 Å². The van der Waals surface area contributed by atoms with Gasteiger partial charge in [0.05, 0.1) is 12.0 Å². The third-order valence-corrected chi connectivity index (χ3v) is 7.69. The number of hydrogen-bond donors (Lipinski definition) is 1. The van der Waals surface area contributed by atoms with Crippen molar-refractivity contribution in [1.82, 2.24) is 4.72 Å². The molecular weight excluding hydrogens is 330 g/mol. The molecule has 2 aliphatic carbocycles. The quantitative estimate of drug-likeness (QED) is 0.811. The van der Waals surface area contributed by atoms with Crippen molar-refractivity contribution < 1.29 is 22.4 Å². The molecule has 2 bridgehead atoms. The van der Waals surface area contributed by atoms with Crippen molar-refractivity contribution in [1.29, 1.82) is 0 Å². The molecule has 1 N–H and O–H groups in total. The van der Waals surface area contributed by atoms with E-state index in [2.05, 4.69) is 4.72 Å². The topological polar surface area (TPSA) is 85.6 Å². The second-order valence-corrected chi connectivity index (χ2v) is 9.32. The predicted octanol–water partition coefficient (Wildman–Crippen LogP) is 2.28. The summed E-state index contributed by atoms with van der Waals surface area (Å²) in [6, 6.07) is 3.47. The summed E-state index contributed by atoms with van der Waals surface area (Å²) in [5.74, 6) is 0.826. The molecule has 0 aliphatic heterocycles. The number of carbonyl (C=O) groups is 1. The molecule has 0 radical (unpaired) electrons. The fourth-order valence-electron chi connectivity index (χ4n) is 4.46. The summed E-state index contributed by atoms with van der Waals surface area (Å²) in [6.45, 7) is 4.15. The summed E-state index contributed by atoms with van der Waals surface area (Å²) >= 11 is 0. The van der Waals surface area contributed by atoms with E-state index in [4.69, 9.17) is 9.15 Å². The number of carbonyl (C=O) groups excluding carboxylic acids is 1. The summed E-state index contributed by atoms with van der Waals surface area (Å²) in [4.78, 5) is 12.5. The number of ether oxygens (including phenoxy) is 1. The Labute approximate surface area is 143 Å². The maximum atomic E-state index is 12.6. The number of Topliss-reactive ketones (excluding diaryl/α,β-unsaturated/α-hetero) is 1. The molecule has 1 heterocycles. The Kier molecular flexibility index (Phi) is 4.38. The van der Waals surface area contributed by atoms with Crippen molar-refractivity contribution >= 4 is 15.8 Å². The third kappa shape index (κ3) is 2.72. The summed E-state index contributed by atoms with van der Waals surface area (Å²) in [5, 5.41) is 0. The van der Waals surface area contributed by atoms with Crippen molar-refractivity contribution in [2.75, 3.05) is 19.4 Å². The fourth-order valence-corrected chi connectivity index (χ4v) is 6.29. The number of furan rings is 1. The van der Waals surface area contributed by atoms with Crippen LogP contribution < -0.4 is 4.72 Å². The van der Waals surface area contributed by atoms with Gasteiger partial charge in [-0.3, -0.25) is 4.79 Å². The van der Waals surface area contributed by atoms with Gasteiger partial charge in [0, 0.05) is 25.5 Å². The SMILES string of the molecule is CO[C@@H](CNS(=O)(=O)C[C@@]12CC[C@@H](CC1=O)C2(C)C)c1ccco1. The predicted molar refractivity (Wildman–Crippen MR) is 88.8 cm³/mol. The number of ketones is 1. The molecule has 7 heteroatoms. The Hall–Kier alpha value is -1.18. The van der Waals surface area contributed by atoms with Crippen molar-refractivity contribution in [3.8, 4) is 0 Å². The minimum Gasteiger partial charge on any atom is -0.467 e. The van der Waals surface area contributed by atoms with Gasteiger partial charge in [-0.05, 0) is 36.3 Å². The lowest BCUT2D eigenvalue weighted by Crippen LogP contribution is -2.46. The lowest BCUT2D eigenvalue weighted by molar-refractivity contribution is -0.128. The van der Waals surface area contributed by atoms with Gasteiger partial charge in [-0.1, -0.05) is 13.8 Å². The smallest absolute Gasteiger partial charge is 0.212 e. The van der Waals surface area contributed by atoms with Crippen LogP contribution in [0.5, 0.6) is 0 Å². The van der Waals surface area contributed by atoms with Gasteiger partial charge in [-0.2, -0.15) is 0 Å². The van der Waals surface area contributed by atoms with Crippen LogP contribution in [0.15, 0.2) is 22.8 Å². The molecule has 0 unspecified atom stereocenters. The van der Waals surface area contributed by atoms with Crippen LogP contribution >= 0.6 is 0 Å². The molecule has 3 atom stereocenters. The van der Waals surface area contributed by atoms with Crippen LogP contribution in [0.4, 0.5) is 0 Å². The maximum Gasteiger partial charge on any atom is 0.212 e. The number of methoxy groups -OCH3 is 1. The Balaban J connectivity index is 1.71. The first-order valence-electron chi connectivity index (χ1n) is 8.29. The van der Waals surface area contributed by atoms with Crippen molar-refractivity contribution in [3.05, 3.63) is 24.2 Å². The minimum atomic E-state index is -3.60. The van der Waals surface area contributed by atoms with Gasteiger partial charge >= 0.3 is 0 Å². The Morgan fingerprint density at radius 3 is 2.71 bits per heavy atom. The fraction of sp³-hybridized carbons (Fsp3) is 0.706. The van der Waals surface area contributed by atoms with Crippen LogP contribution in [0.3, 0.4) is 0 Å². The zero-order chi connectivity index (χ0) is 17.6. The highest BCUT2D eigenvalue weighted by atomic mass is 32.2. The first-order valence-corrected chi connectivity index (χ1v) is 9.94. The van der Waals surface area contributed by atoms with Gasteiger partial charge in [0.25, 0.3) is 0 Å². The lowest BCUT2D eigenvalue weighted by Gasteiger charge is -2.36. The lowest BCUT2D eigenvalue weighted by atomic mass is 9.70. The van der Waals surface area contributed by atoms with Crippen molar-refractivity contribution in [2.45, 2.75) is 39.2 Å². The van der Waals surface area contributed by atoms with E-state index in [0.717, 1.165) is 6.42 Å². The van der Waals surface area contributed by atoms with Crippen LogP contribution in [0.2, 0.25) is 0 Å². The number of rotatable bonds is 7. The Morgan fingerprint density at radius 1 is 1.46 bits per heavy atom. The highest BCUT2D eigenvalue weighted by molar-refractivity contribution is 7.89. The van der Waals surface area contributed by atoms with E-state index in [1.807, 2.05) is 13.8 Å². The number of fused-ring (bicyclic) bond motifs is 2. The molecule has 2 aliphatic rings. The van der Waals surface area contributed by atoms with Gasteiger partial charge in [-0.15, -0.1) is 0 Å². The molecule has 0 amide bonds. The summed E-state index contributed by atoms with van der Waals surface area (Å²) in [7, 11) is -2.10. The van der Waals surface area contributed by atoms with Crippen molar-refractivity contribution in [2.24, 2.45) is 16.7 Å². The highest BCUT2D eigenvalue weighted by Crippen LogP contribution is 2.64. The van der Waals surface area contributed by atoms with Crippen molar-refractivity contribution in [3.63, 3.8) is 0 Å². The maximum absolute atomic E-state index is 12.6. The molecule has 0 saturated heterocycles. The first kappa shape index (κ1) is 17.6. The number of sulfonamides is 1. The molecule has 6 nitrogen and oxygen atoms in total. The molecule has 3 rings (SSSR count). The van der Waals surface area contributed by atoms with Gasteiger partial charge in [0.15, 0.2) is 0 Å². The van der Waals surface area contributed by atoms with Gasteiger partial charge < -0.3 is 9.15 Å². The largest absolute Gasteiger partial charge is 0.467 e. The summed E-state index contributed by atoms with van der Waals surface area (Å²) in [6.07, 6.45) is 3.14. The van der Waals surface area contributed by atoms with Gasteiger partial charge in [-0.25, -0.2) is 13.1 Å². The zero-order valence-corrected chi connectivity index (χ0v) is 15.2. The van der Waals surface area contributed by atoms with Crippen LogP contribution in [-0.2, 0) is 19.6 Å². The molecule has 0 spiro atoms. The number of nitrogens with one attached hydrogen (secondary N) is 1. The van der Waals surface area contributed by atoms with Crippen LogP contribution in [0.25, 0.3) is 0 Å². The average Bonchev–Trinajstić information content (AvgIpc) is 3.14. The zero-order valence-electron chi connectivity index (χ0n) is 14.4. The molecule has 2 fully saturated rings. The Bertz CT molecular complexity index is 709. The second kappa shape index (κ2) is 5.97. The third-order valence-electron chi connectivity index (χ3n) is 6.21. The van der Waals surface area contributed by atoms with Crippen LogP contribution in [-0.4, -0.2) is 33.6 Å². The second-order valence-electron chi connectivity index (χ2n) is 7.51. The van der Waals surface area contributed by atoms with E-state index >= 15 is 0 Å². The minimum absolute atomic E-state index is 0.0838. The molecule has 0 aromatic carbocycles. The van der Waals surface area contributed by atoms with Gasteiger partial charge in [0.2, 0.25) is 10.0 Å². The average molecular weight is 355 g/mol. The molecule has 1 aromatic rings. The standard InChI is InChI=1S/C17H25NO5S/c1-16(2)12-6-7-17(16,15(19)9-12)11-24(20,21)18-10-14(22-3)13-5-4-8-23-13/h4-5,8,12,14,18H,6-7,9-11H2,1-3H3/t12-,14-,17-/m0/s1. The monoisotopic (exact) mass is 355 g/mol. The molecule has 134 valence electrons. The van der Waals surface area contributed by atoms with E-state index in [1.54, 1.807) is 12.1 Å². The van der Waals surface area contributed by atoms with E-state index in [-0.39, 0.29) is 23.5 Å². The van der Waals surface area contributed by atoms with E-state index in [9.17, 15) is 13.2 Å². The molecule has 2 saturated carbocycles. The number of hydrogen-bond acceptors (Lipinski definition) is 5. The normalized spacial score (nSPS) is 30.0. The summed E-state index contributed by atoms with van der Waals surface area (Å²) in [5.41, 5.74) is -1.02. The molecular formula is C17H25NO5S. The van der Waals surface area contributed by atoms with Crippen LogP contribution in [0, 0.1) is 16.7 Å². The molecule has 1 aromatic heterocycles. The Morgan fingerprint density at radius 2 is 2.21 bits per heavy atom. The van der Waals surface area contributed by atoms with Crippen LogP contribution in [0.1, 0.15) is 45.0 Å². The first-order chi connectivity index (χ1) is 11.2. The van der Waals surface area contributed by atoms with E-state index in [0.29, 0.717) is 24.5 Å². The highest BCUT2D eigenvalue weighted by Gasteiger charge is 2.65. The van der Waals surface area contributed by atoms with E-state index in [1.165, 1.54) is 13.4 Å². The van der Waals surface area contributed by atoms with Gasteiger partial charge in [0.1, 0.15) is 17.6 Å². The summed E-state index contributed by atoms with van der Waals surface area (Å²) < 4.78 is 38.4. The molecule has 24 heavy (non-hydrogen) atoms.